The van der Waals surface area contributed by atoms with Crippen LogP contribution in [-0.2, 0) is 17.6 Å². The van der Waals surface area contributed by atoms with Gasteiger partial charge in [0.2, 0.25) is 5.91 Å². The number of carbonyl (C=O) groups excluding carboxylic acids is 1. The van der Waals surface area contributed by atoms with Crippen molar-refractivity contribution in [1.29, 1.82) is 0 Å². The molecule has 1 amide bonds. The highest BCUT2D eigenvalue weighted by molar-refractivity contribution is 5.94. The fourth-order valence-corrected chi connectivity index (χ4v) is 8.51. The van der Waals surface area contributed by atoms with Crippen LogP contribution < -0.4 is 9.64 Å². The Morgan fingerprint density at radius 3 is 2.73 bits per heavy atom. The first-order chi connectivity index (χ1) is 20.1. The summed E-state index contributed by atoms with van der Waals surface area (Å²) in [5.74, 6) is 0.967. The molecule has 0 saturated carbocycles. The molecule has 5 heterocycles. The minimum absolute atomic E-state index is 0.0292. The highest BCUT2D eigenvalue weighted by atomic mass is 16.5. The number of aryl methyl sites for hydroxylation is 1. The molecule has 8 rings (SSSR count). The summed E-state index contributed by atoms with van der Waals surface area (Å²) in [7, 11) is 0. The van der Waals surface area contributed by atoms with E-state index in [4.69, 9.17) is 14.7 Å². The molecule has 41 heavy (non-hydrogen) atoms. The van der Waals surface area contributed by atoms with Gasteiger partial charge in [-0.2, -0.15) is 9.97 Å². The number of fused-ring (bicyclic) bond motifs is 4. The maximum absolute atomic E-state index is 12.4. The van der Waals surface area contributed by atoms with E-state index in [1.807, 2.05) is 4.90 Å². The first-order valence-electron chi connectivity index (χ1n) is 15.6. The number of hydrogen-bond acceptors (Lipinski definition) is 6. The Bertz CT molecular complexity index is 1530. The second-order valence-corrected chi connectivity index (χ2v) is 12.7. The van der Waals surface area contributed by atoms with Gasteiger partial charge in [0.25, 0.3) is 0 Å². The van der Waals surface area contributed by atoms with Crippen molar-refractivity contribution in [2.75, 3.05) is 37.7 Å². The standard InChI is InChI=1S/C34H39N5O2/c1-2-31(40)38-19-14-29-30(38)21-39(29)32-27-13-12-24(26-11-5-9-23-8-3-4-10-25(23)26)20-28(27)35-33(36-32)41-22-34-15-6-17-37(34)18-7-16-34/h2,5,9,11-13,20,29-30H,1,3-4,6-8,10,14-19,21-22H2/t29-,30-/m1/s1. The topological polar surface area (TPSA) is 61.8 Å². The maximum atomic E-state index is 12.4. The summed E-state index contributed by atoms with van der Waals surface area (Å²) in [5.41, 5.74) is 6.61. The smallest absolute Gasteiger partial charge is 0.319 e. The molecule has 0 bridgehead atoms. The van der Waals surface area contributed by atoms with E-state index in [1.165, 1.54) is 86.4 Å². The number of hydrogen-bond donors (Lipinski definition) is 0. The molecule has 2 atom stereocenters. The third-order valence-electron chi connectivity index (χ3n) is 10.7. The number of nitrogens with zero attached hydrogens (tertiary/aromatic N) is 5. The molecule has 0 radical (unpaired) electrons. The van der Waals surface area contributed by atoms with E-state index in [0.29, 0.717) is 12.6 Å². The Morgan fingerprint density at radius 1 is 1.02 bits per heavy atom. The molecule has 3 aromatic rings. The number of likely N-dealkylation sites (tertiary alicyclic amines) is 1. The van der Waals surface area contributed by atoms with Crippen molar-refractivity contribution < 1.29 is 9.53 Å². The maximum Gasteiger partial charge on any atom is 0.319 e. The lowest BCUT2D eigenvalue weighted by Gasteiger charge is -2.47. The van der Waals surface area contributed by atoms with Gasteiger partial charge in [0.15, 0.2) is 0 Å². The summed E-state index contributed by atoms with van der Waals surface area (Å²) in [5, 5.41) is 1.05. The summed E-state index contributed by atoms with van der Waals surface area (Å²) in [6, 6.07) is 14.4. The van der Waals surface area contributed by atoms with Crippen molar-refractivity contribution in [1.82, 2.24) is 19.8 Å². The summed E-state index contributed by atoms with van der Waals surface area (Å²) in [6.07, 6.45) is 12.1. The van der Waals surface area contributed by atoms with E-state index >= 15 is 0 Å². The molecule has 4 aliphatic heterocycles. The summed E-state index contributed by atoms with van der Waals surface area (Å²) >= 11 is 0. The van der Waals surface area contributed by atoms with Crippen LogP contribution in [0.25, 0.3) is 22.0 Å². The van der Waals surface area contributed by atoms with E-state index in [0.717, 1.165) is 42.7 Å². The van der Waals surface area contributed by atoms with E-state index in [-0.39, 0.29) is 23.5 Å². The minimum atomic E-state index is 0.0292. The van der Waals surface area contributed by atoms with Crippen LogP contribution in [0.4, 0.5) is 5.82 Å². The zero-order chi connectivity index (χ0) is 27.6. The molecule has 2 aromatic carbocycles. The summed E-state index contributed by atoms with van der Waals surface area (Å²) < 4.78 is 6.52. The molecular formula is C34H39N5O2. The normalized spacial score (nSPS) is 24.6. The molecule has 4 fully saturated rings. The number of benzene rings is 2. The largest absolute Gasteiger partial charge is 0.461 e. The van der Waals surface area contributed by atoms with Crippen LogP contribution in [0.3, 0.4) is 0 Å². The lowest BCUT2D eigenvalue weighted by atomic mass is 9.86. The molecule has 0 N–H and O–H groups in total. The van der Waals surface area contributed by atoms with Gasteiger partial charge in [-0.1, -0.05) is 30.8 Å². The van der Waals surface area contributed by atoms with E-state index in [1.54, 1.807) is 0 Å². The number of amides is 1. The van der Waals surface area contributed by atoms with Gasteiger partial charge < -0.3 is 14.5 Å². The zero-order valence-electron chi connectivity index (χ0n) is 23.9. The van der Waals surface area contributed by atoms with Gasteiger partial charge in [0.1, 0.15) is 12.4 Å². The fraction of sp³-hybridized carbons (Fsp3) is 0.500. The predicted molar refractivity (Wildman–Crippen MR) is 161 cm³/mol. The Hall–Kier alpha value is -3.45. The van der Waals surface area contributed by atoms with Gasteiger partial charge in [-0.15, -0.1) is 0 Å². The van der Waals surface area contributed by atoms with Crippen LogP contribution in [0.2, 0.25) is 0 Å². The summed E-state index contributed by atoms with van der Waals surface area (Å²) in [6.45, 7) is 8.26. The number of aromatic nitrogens is 2. The SMILES string of the molecule is C=CC(=O)N1CC[C@@H]2[C@H]1CN2c1nc(OCC23CCCN2CCC3)nc2cc(-c3cccc4c3CCCC4)ccc12. The zero-order valence-corrected chi connectivity index (χ0v) is 23.9. The van der Waals surface area contributed by atoms with Gasteiger partial charge in [-0.3, -0.25) is 9.69 Å². The van der Waals surface area contributed by atoms with Crippen molar-refractivity contribution in [3.8, 4) is 17.1 Å². The number of carbonyl (C=O) groups is 1. The van der Waals surface area contributed by atoms with E-state index in [2.05, 4.69) is 52.8 Å². The molecule has 5 aliphatic rings. The van der Waals surface area contributed by atoms with Crippen LogP contribution in [0.5, 0.6) is 6.01 Å². The molecular weight excluding hydrogens is 510 g/mol. The lowest BCUT2D eigenvalue weighted by molar-refractivity contribution is -0.127. The monoisotopic (exact) mass is 549 g/mol. The Morgan fingerprint density at radius 2 is 1.88 bits per heavy atom. The van der Waals surface area contributed by atoms with Crippen molar-refractivity contribution in [2.45, 2.75) is 75.4 Å². The average molecular weight is 550 g/mol. The second kappa shape index (κ2) is 9.83. The molecule has 0 unspecified atom stereocenters. The Kier molecular flexibility index (Phi) is 6.06. The van der Waals surface area contributed by atoms with E-state index in [9.17, 15) is 4.79 Å². The third-order valence-corrected chi connectivity index (χ3v) is 10.7. The van der Waals surface area contributed by atoms with Gasteiger partial charge in [-0.25, -0.2) is 0 Å². The highest BCUT2D eigenvalue weighted by Crippen LogP contribution is 2.42. The quantitative estimate of drug-likeness (QED) is 0.396. The van der Waals surface area contributed by atoms with Crippen LogP contribution in [0.1, 0.15) is 56.1 Å². The fourth-order valence-electron chi connectivity index (χ4n) is 8.51. The predicted octanol–water partition coefficient (Wildman–Crippen LogP) is 5.16. The van der Waals surface area contributed by atoms with Gasteiger partial charge in [-0.05, 0) is 111 Å². The second-order valence-electron chi connectivity index (χ2n) is 12.7. The van der Waals surface area contributed by atoms with Gasteiger partial charge >= 0.3 is 6.01 Å². The molecule has 1 aromatic heterocycles. The van der Waals surface area contributed by atoms with Crippen molar-refractivity contribution in [3.63, 3.8) is 0 Å². The molecule has 212 valence electrons. The first-order valence-corrected chi connectivity index (χ1v) is 15.6. The third kappa shape index (κ3) is 4.07. The molecule has 0 spiro atoms. The lowest BCUT2D eigenvalue weighted by Crippen LogP contribution is -2.63. The van der Waals surface area contributed by atoms with E-state index < -0.39 is 0 Å². The number of ether oxygens (including phenoxy) is 1. The average Bonchev–Trinajstić information content (AvgIpc) is 3.67. The van der Waals surface area contributed by atoms with Gasteiger partial charge in [0, 0.05) is 18.5 Å². The number of rotatable bonds is 6. The van der Waals surface area contributed by atoms with Crippen molar-refractivity contribution in [2.24, 2.45) is 0 Å². The van der Waals surface area contributed by atoms with Crippen LogP contribution in [-0.4, -0.2) is 76.1 Å². The number of anilines is 1. The van der Waals surface area contributed by atoms with Crippen LogP contribution >= 0.6 is 0 Å². The molecule has 4 saturated heterocycles. The van der Waals surface area contributed by atoms with Crippen LogP contribution in [0.15, 0.2) is 49.1 Å². The highest BCUT2D eigenvalue weighted by Gasteiger charge is 2.49. The Balaban J connectivity index is 1.17. The minimum Gasteiger partial charge on any atom is -0.461 e. The first kappa shape index (κ1) is 25.3. The van der Waals surface area contributed by atoms with Gasteiger partial charge in [0.05, 0.1) is 23.1 Å². The molecule has 7 heteroatoms. The van der Waals surface area contributed by atoms with Crippen molar-refractivity contribution >= 4 is 22.6 Å². The van der Waals surface area contributed by atoms with Crippen LogP contribution in [0, 0.1) is 0 Å². The summed E-state index contributed by atoms with van der Waals surface area (Å²) in [4.78, 5) is 29.5. The Labute approximate surface area is 242 Å². The molecule has 7 nitrogen and oxygen atoms in total. The molecule has 1 aliphatic carbocycles. The van der Waals surface area contributed by atoms with Crippen molar-refractivity contribution in [3.05, 3.63) is 60.2 Å².